The molecule has 0 aliphatic carbocycles. The lowest BCUT2D eigenvalue weighted by Crippen LogP contribution is -2.19. The number of hydrogen-bond acceptors (Lipinski definition) is 4. The fourth-order valence-corrected chi connectivity index (χ4v) is 1.06. The fourth-order valence-electron chi connectivity index (χ4n) is 1.06. The van der Waals surface area contributed by atoms with Crippen LogP contribution in [0, 0.1) is 11.3 Å². The Morgan fingerprint density at radius 1 is 1.47 bits per heavy atom. The molecule has 0 heterocycles. The number of ether oxygens (including phenoxy) is 1. The second-order valence-electron chi connectivity index (χ2n) is 3.01. The van der Waals surface area contributed by atoms with Crippen LogP contribution in [-0.4, -0.2) is 24.2 Å². The summed E-state index contributed by atoms with van der Waals surface area (Å²) in [6.07, 6.45) is -3.55. The molecule has 4 nitrogen and oxygen atoms in total. The second-order valence-corrected chi connectivity index (χ2v) is 3.01. The standard InChI is InChI=1S/C10H7F3N2O2/c11-10(12,13)6-17-9-3-7(4-14)1-2-8(9)5-15-16/h1-3,5,16H,6H2. The Hall–Kier alpha value is -2.23. The summed E-state index contributed by atoms with van der Waals surface area (Å²) < 4.78 is 40.4. The van der Waals surface area contributed by atoms with E-state index in [-0.39, 0.29) is 16.9 Å². The number of halogens is 3. The third kappa shape index (κ3) is 4.03. The molecule has 0 fully saturated rings. The van der Waals surface area contributed by atoms with Gasteiger partial charge in [-0.1, -0.05) is 5.16 Å². The van der Waals surface area contributed by atoms with Crippen LogP contribution in [0.1, 0.15) is 11.1 Å². The van der Waals surface area contributed by atoms with Crippen molar-refractivity contribution in [1.29, 1.82) is 5.26 Å². The number of benzene rings is 1. The molecule has 0 aliphatic heterocycles. The van der Waals surface area contributed by atoms with Crippen molar-refractivity contribution in [3.05, 3.63) is 29.3 Å². The highest BCUT2D eigenvalue weighted by Crippen LogP contribution is 2.22. The van der Waals surface area contributed by atoms with Crippen LogP contribution in [0.25, 0.3) is 0 Å². The fraction of sp³-hybridized carbons (Fsp3) is 0.200. The molecule has 0 saturated carbocycles. The van der Waals surface area contributed by atoms with Gasteiger partial charge >= 0.3 is 6.18 Å². The molecule has 0 bridgehead atoms. The first-order chi connectivity index (χ1) is 7.96. The molecule has 1 aromatic rings. The zero-order chi connectivity index (χ0) is 12.9. The Bertz CT molecular complexity index is 464. The maximum atomic E-state index is 12.0. The zero-order valence-corrected chi connectivity index (χ0v) is 8.40. The molecule has 0 amide bonds. The Kier molecular flexibility index (Phi) is 3.93. The van der Waals surface area contributed by atoms with Crippen LogP contribution < -0.4 is 4.74 Å². The van der Waals surface area contributed by atoms with Crippen LogP contribution in [0.15, 0.2) is 23.4 Å². The molecular weight excluding hydrogens is 237 g/mol. The highest BCUT2D eigenvalue weighted by molar-refractivity contribution is 5.83. The van der Waals surface area contributed by atoms with E-state index in [1.807, 2.05) is 0 Å². The molecule has 7 heteroatoms. The second kappa shape index (κ2) is 5.21. The minimum atomic E-state index is -4.48. The number of oxime groups is 1. The molecule has 1 aromatic carbocycles. The SMILES string of the molecule is N#Cc1ccc(C=NO)c(OCC(F)(F)F)c1. The lowest BCUT2D eigenvalue weighted by molar-refractivity contribution is -0.153. The van der Waals surface area contributed by atoms with Gasteiger partial charge in [-0.05, 0) is 18.2 Å². The molecule has 0 unspecified atom stereocenters. The predicted octanol–water partition coefficient (Wildman–Crippen LogP) is 2.31. The van der Waals surface area contributed by atoms with Gasteiger partial charge in [0.1, 0.15) is 5.75 Å². The molecule has 0 saturated heterocycles. The van der Waals surface area contributed by atoms with Crippen LogP contribution in [-0.2, 0) is 0 Å². The number of rotatable bonds is 3. The van der Waals surface area contributed by atoms with E-state index in [0.29, 0.717) is 0 Å². The van der Waals surface area contributed by atoms with Crippen molar-refractivity contribution in [2.75, 3.05) is 6.61 Å². The van der Waals surface area contributed by atoms with Crippen molar-refractivity contribution < 1.29 is 23.1 Å². The van der Waals surface area contributed by atoms with Gasteiger partial charge in [-0.15, -0.1) is 0 Å². The summed E-state index contributed by atoms with van der Waals surface area (Å²) >= 11 is 0. The summed E-state index contributed by atoms with van der Waals surface area (Å²) in [5, 5.41) is 19.6. The smallest absolute Gasteiger partial charge is 0.422 e. The summed E-state index contributed by atoms with van der Waals surface area (Å²) in [5.74, 6) is -0.167. The third-order valence-corrected chi connectivity index (χ3v) is 1.73. The average molecular weight is 244 g/mol. The normalized spacial score (nSPS) is 11.4. The van der Waals surface area contributed by atoms with Crippen LogP contribution in [0.2, 0.25) is 0 Å². The Morgan fingerprint density at radius 2 is 2.18 bits per heavy atom. The van der Waals surface area contributed by atoms with E-state index in [1.54, 1.807) is 6.07 Å². The number of hydrogen-bond donors (Lipinski definition) is 1. The summed E-state index contributed by atoms with van der Waals surface area (Å²) in [6, 6.07) is 5.60. The van der Waals surface area contributed by atoms with Gasteiger partial charge in [-0.25, -0.2) is 0 Å². The number of nitriles is 1. The lowest BCUT2D eigenvalue weighted by atomic mass is 10.1. The maximum absolute atomic E-state index is 12.0. The Balaban J connectivity index is 2.98. The molecular formula is C10H7F3N2O2. The molecule has 0 radical (unpaired) electrons. The number of alkyl halides is 3. The van der Waals surface area contributed by atoms with Gasteiger partial charge in [0.25, 0.3) is 0 Å². The summed E-state index contributed by atoms with van der Waals surface area (Å²) in [4.78, 5) is 0. The molecule has 0 aliphatic rings. The molecule has 1 N–H and O–H groups in total. The first-order valence-corrected chi connectivity index (χ1v) is 4.37. The summed E-state index contributed by atoms with van der Waals surface area (Å²) in [7, 11) is 0. The van der Waals surface area contributed by atoms with Crippen molar-refractivity contribution in [3.8, 4) is 11.8 Å². The van der Waals surface area contributed by atoms with Crippen LogP contribution in [0.3, 0.4) is 0 Å². The maximum Gasteiger partial charge on any atom is 0.422 e. The lowest BCUT2D eigenvalue weighted by Gasteiger charge is -2.11. The highest BCUT2D eigenvalue weighted by Gasteiger charge is 2.28. The van der Waals surface area contributed by atoms with Crippen molar-refractivity contribution in [2.45, 2.75) is 6.18 Å². The average Bonchev–Trinajstić information content (AvgIpc) is 2.27. The molecule has 1 rings (SSSR count). The van der Waals surface area contributed by atoms with Crippen molar-refractivity contribution in [3.63, 3.8) is 0 Å². The Labute approximate surface area is 94.5 Å². The molecule has 0 aromatic heterocycles. The van der Waals surface area contributed by atoms with E-state index in [0.717, 1.165) is 12.3 Å². The largest absolute Gasteiger partial charge is 0.483 e. The van der Waals surface area contributed by atoms with Crippen LogP contribution >= 0.6 is 0 Å². The van der Waals surface area contributed by atoms with E-state index in [9.17, 15) is 13.2 Å². The van der Waals surface area contributed by atoms with Crippen molar-refractivity contribution >= 4 is 6.21 Å². The van der Waals surface area contributed by atoms with E-state index in [1.165, 1.54) is 12.1 Å². The van der Waals surface area contributed by atoms with Gasteiger partial charge in [-0.2, -0.15) is 18.4 Å². The van der Waals surface area contributed by atoms with Gasteiger partial charge in [-0.3, -0.25) is 0 Å². The minimum Gasteiger partial charge on any atom is -0.483 e. The van der Waals surface area contributed by atoms with Crippen molar-refractivity contribution in [2.24, 2.45) is 5.16 Å². The van der Waals surface area contributed by atoms with Gasteiger partial charge in [0, 0.05) is 5.56 Å². The molecule has 17 heavy (non-hydrogen) atoms. The van der Waals surface area contributed by atoms with Crippen LogP contribution in [0.5, 0.6) is 5.75 Å². The van der Waals surface area contributed by atoms with Gasteiger partial charge in [0.2, 0.25) is 0 Å². The zero-order valence-electron chi connectivity index (χ0n) is 8.40. The molecule has 90 valence electrons. The van der Waals surface area contributed by atoms with Gasteiger partial charge in [0.15, 0.2) is 6.61 Å². The predicted molar refractivity (Wildman–Crippen MR) is 52.1 cm³/mol. The van der Waals surface area contributed by atoms with E-state index in [2.05, 4.69) is 9.89 Å². The quantitative estimate of drug-likeness (QED) is 0.504. The topological polar surface area (TPSA) is 65.6 Å². The molecule has 0 atom stereocenters. The highest BCUT2D eigenvalue weighted by atomic mass is 19.4. The first-order valence-electron chi connectivity index (χ1n) is 4.37. The Morgan fingerprint density at radius 3 is 2.71 bits per heavy atom. The first kappa shape index (κ1) is 12.8. The van der Waals surface area contributed by atoms with E-state index >= 15 is 0 Å². The summed E-state index contributed by atoms with van der Waals surface area (Å²) in [5.41, 5.74) is 0.299. The van der Waals surface area contributed by atoms with Gasteiger partial charge in [0.05, 0.1) is 17.8 Å². The van der Waals surface area contributed by atoms with Crippen molar-refractivity contribution in [1.82, 2.24) is 0 Å². The monoisotopic (exact) mass is 244 g/mol. The summed E-state index contributed by atoms with van der Waals surface area (Å²) in [6.45, 7) is -1.48. The molecule has 0 spiro atoms. The number of nitrogens with zero attached hydrogens (tertiary/aromatic N) is 2. The van der Waals surface area contributed by atoms with E-state index < -0.39 is 12.8 Å². The van der Waals surface area contributed by atoms with Crippen LogP contribution in [0.4, 0.5) is 13.2 Å². The van der Waals surface area contributed by atoms with Gasteiger partial charge < -0.3 is 9.94 Å². The third-order valence-electron chi connectivity index (χ3n) is 1.73. The minimum absolute atomic E-state index is 0.149. The van der Waals surface area contributed by atoms with E-state index in [4.69, 9.17) is 10.5 Å².